The van der Waals surface area contributed by atoms with E-state index in [9.17, 15) is 4.79 Å². The van der Waals surface area contributed by atoms with E-state index in [-0.39, 0.29) is 11.2 Å². The number of nitrogens with zero attached hydrogens (tertiary/aromatic N) is 2. The molecule has 104 valence electrons. The zero-order chi connectivity index (χ0) is 14.4. The third-order valence-corrected chi connectivity index (χ3v) is 3.60. The Morgan fingerprint density at radius 1 is 1.20 bits per heavy atom. The van der Waals surface area contributed by atoms with Crippen LogP contribution < -0.4 is 0 Å². The Labute approximate surface area is 122 Å². The van der Waals surface area contributed by atoms with Gasteiger partial charge in [0.25, 0.3) is 0 Å². The van der Waals surface area contributed by atoms with Crippen LogP contribution >= 0.6 is 11.8 Å². The lowest BCUT2D eigenvalue weighted by Crippen LogP contribution is -2.17. The second-order valence-corrected chi connectivity index (χ2v) is 5.44. The summed E-state index contributed by atoms with van der Waals surface area (Å²) in [6.07, 6.45) is 3.53. The molecular formula is C15H16N2O2S. The topological polar surface area (TPSA) is 52.1 Å². The van der Waals surface area contributed by atoms with Gasteiger partial charge in [0.2, 0.25) is 0 Å². The van der Waals surface area contributed by atoms with Crippen LogP contribution in [0.4, 0.5) is 0 Å². The summed E-state index contributed by atoms with van der Waals surface area (Å²) < 4.78 is 4.95. The van der Waals surface area contributed by atoms with Crippen molar-refractivity contribution in [3.8, 4) is 11.1 Å². The van der Waals surface area contributed by atoms with Gasteiger partial charge in [-0.15, -0.1) is 0 Å². The Bertz CT molecular complexity index is 558. The first-order valence-electron chi connectivity index (χ1n) is 6.41. The number of ether oxygens (including phenoxy) is 1. The van der Waals surface area contributed by atoms with Gasteiger partial charge in [0.15, 0.2) is 5.16 Å². The van der Waals surface area contributed by atoms with Crippen molar-refractivity contribution in [2.45, 2.75) is 24.3 Å². The second kappa shape index (κ2) is 7.05. The Morgan fingerprint density at radius 2 is 1.85 bits per heavy atom. The minimum Gasteiger partial charge on any atom is -0.465 e. The van der Waals surface area contributed by atoms with Crippen LogP contribution in [-0.2, 0) is 9.53 Å². The average molecular weight is 288 g/mol. The number of aromatic nitrogens is 2. The summed E-state index contributed by atoms with van der Waals surface area (Å²) in [4.78, 5) is 20.1. The van der Waals surface area contributed by atoms with Crippen LogP contribution in [0.15, 0.2) is 47.9 Å². The third kappa shape index (κ3) is 3.81. The molecule has 0 unspecified atom stereocenters. The molecule has 0 saturated heterocycles. The van der Waals surface area contributed by atoms with E-state index in [1.54, 1.807) is 26.2 Å². The number of rotatable bonds is 5. The van der Waals surface area contributed by atoms with Crippen LogP contribution in [0, 0.1) is 0 Å². The minimum absolute atomic E-state index is 0.242. The Morgan fingerprint density at radius 3 is 2.45 bits per heavy atom. The van der Waals surface area contributed by atoms with Gasteiger partial charge >= 0.3 is 5.97 Å². The number of hydrogen-bond acceptors (Lipinski definition) is 5. The molecule has 0 fully saturated rings. The van der Waals surface area contributed by atoms with Crippen molar-refractivity contribution >= 4 is 17.7 Å². The van der Waals surface area contributed by atoms with Crippen molar-refractivity contribution < 1.29 is 9.53 Å². The van der Waals surface area contributed by atoms with E-state index < -0.39 is 0 Å². The summed E-state index contributed by atoms with van der Waals surface area (Å²) >= 11 is 1.30. The van der Waals surface area contributed by atoms with E-state index >= 15 is 0 Å². The van der Waals surface area contributed by atoms with Crippen molar-refractivity contribution in [3.63, 3.8) is 0 Å². The summed E-state index contributed by atoms with van der Waals surface area (Å²) in [6.45, 7) is 3.97. The molecular weight excluding hydrogens is 272 g/mol. The Balaban J connectivity index is 2.04. The zero-order valence-corrected chi connectivity index (χ0v) is 12.3. The number of benzene rings is 1. The molecule has 0 bridgehead atoms. The quantitative estimate of drug-likeness (QED) is 0.480. The maximum Gasteiger partial charge on any atom is 0.319 e. The van der Waals surface area contributed by atoms with Crippen LogP contribution in [0.5, 0.6) is 0 Å². The molecule has 1 aromatic heterocycles. The van der Waals surface area contributed by atoms with Gasteiger partial charge < -0.3 is 4.74 Å². The molecule has 0 N–H and O–H groups in total. The molecule has 1 aromatic carbocycles. The molecule has 1 heterocycles. The summed E-state index contributed by atoms with van der Waals surface area (Å²) in [5, 5.41) is 0.266. The van der Waals surface area contributed by atoms with Crippen LogP contribution in [0.2, 0.25) is 0 Å². The SMILES string of the molecule is CCOC(=O)[C@@H](C)Sc1ncc(-c2ccccc2)cn1. The Kier molecular flexibility index (Phi) is 5.12. The van der Waals surface area contributed by atoms with Crippen LogP contribution in [0.25, 0.3) is 11.1 Å². The van der Waals surface area contributed by atoms with Gasteiger partial charge in [-0.25, -0.2) is 9.97 Å². The first kappa shape index (κ1) is 14.5. The van der Waals surface area contributed by atoms with E-state index in [1.807, 2.05) is 30.3 Å². The standard InChI is InChI=1S/C15H16N2O2S/c1-3-19-14(18)11(2)20-15-16-9-13(10-17-15)12-7-5-4-6-8-12/h4-11H,3H2,1-2H3/t11-/m1/s1. The van der Waals surface area contributed by atoms with Crippen LogP contribution in [-0.4, -0.2) is 27.8 Å². The van der Waals surface area contributed by atoms with Crippen LogP contribution in [0.1, 0.15) is 13.8 Å². The van der Waals surface area contributed by atoms with Gasteiger partial charge in [-0.05, 0) is 19.4 Å². The van der Waals surface area contributed by atoms with Crippen molar-refractivity contribution in [3.05, 3.63) is 42.7 Å². The molecule has 5 heteroatoms. The summed E-state index contributed by atoms with van der Waals surface area (Å²) in [7, 11) is 0. The summed E-state index contributed by atoms with van der Waals surface area (Å²) in [5.74, 6) is -0.242. The molecule has 0 aliphatic heterocycles. The number of carbonyl (C=O) groups is 1. The molecule has 0 aliphatic rings. The molecule has 1 atom stereocenters. The van der Waals surface area contributed by atoms with E-state index in [4.69, 9.17) is 4.74 Å². The number of hydrogen-bond donors (Lipinski definition) is 0. The Hall–Kier alpha value is -1.88. The number of carbonyl (C=O) groups excluding carboxylic acids is 1. The highest BCUT2D eigenvalue weighted by molar-refractivity contribution is 8.00. The normalized spacial score (nSPS) is 11.9. The highest BCUT2D eigenvalue weighted by Crippen LogP contribution is 2.22. The monoisotopic (exact) mass is 288 g/mol. The average Bonchev–Trinajstić information content (AvgIpc) is 2.49. The fourth-order valence-electron chi connectivity index (χ4n) is 1.62. The molecule has 2 aromatic rings. The predicted octanol–water partition coefficient (Wildman–Crippen LogP) is 3.19. The van der Waals surface area contributed by atoms with Crippen molar-refractivity contribution in [2.24, 2.45) is 0 Å². The van der Waals surface area contributed by atoms with Gasteiger partial charge in [0.05, 0.1) is 6.61 Å². The van der Waals surface area contributed by atoms with Gasteiger partial charge in [-0.2, -0.15) is 0 Å². The zero-order valence-electron chi connectivity index (χ0n) is 11.4. The summed E-state index contributed by atoms with van der Waals surface area (Å²) in [6, 6.07) is 9.93. The molecule has 2 rings (SSSR count). The lowest BCUT2D eigenvalue weighted by molar-refractivity contribution is -0.142. The third-order valence-electron chi connectivity index (χ3n) is 2.64. The predicted molar refractivity (Wildman–Crippen MR) is 79.4 cm³/mol. The fraction of sp³-hybridized carbons (Fsp3) is 0.267. The molecule has 0 radical (unpaired) electrons. The van der Waals surface area contributed by atoms with Crippen molar-refractivity contribution in [2.75, 3.05) is 6.61 Å². The molecule has 0 spiro atoms. The van der Waals surface area contributed by atoms with Gasteiger partial charge in [-0.1, -0.05) is 42.1 Å². The van der Waals surface area contributed by atoms with Gasteiger partial charge in [-0.3, -0.25) is 4.79 Å². The lowest BCUT2D eigenvalue weighted by Gasteiger charge is -2.09. The van der Waals surface area contributed by atoms with Gasteiger partial charge in [0.1, 0.15) is 5.25 Å². The van der Waals surface area contributed by atoms with E-state index in [2.05, 4.69) is 9.97 Å². The molecule has 20 heavy (non-hydrogen) atoms. The van der Waals surface area contributed by atoms with E-state index in [0.717, 1.165) is 11.1 Å². The highest BCUT2D eigenvalue weighted by Gasteiger charge is 2.16. The molecule has 0 saturated carbocycles. The first-order valence-corrected chi connectivity index (χ1v) is 7.29. The molecule has 0 amide bonds. The highest BCUT2D eigenvalue weighted by atomic mass is 32.2. The van der Waals surface area contributed by atoms with Crippen molar-refractivity contribution in [1.29, 1.82) is 0 Å². The first-order chi connectivity index (χ1) is 9.70. The number of thioether (sulfide) groups is 1. The van der Waals surface area contributed by atoms with Crippen LogP contribution in [0.3, 0.4) is 0 Å². The minimum atomic E-state index is -0.308. The van der Waals surface area contributed by atoms with E-state index in [0.29, 0.717) is 11.8 Å². The second-order valence-electron chi connectivity index (χ2n) is 4.13. The number of esters is 1. The smallest absolute Gasteiger partial charge is 0.319 e. The largest absolute Gasteiger partial charge is 0.465 e. The fourth-order valence-corrected chi connectivity index (χ4v) is 2.33. The molecule has 4 nitrogen and oxygen atoms in total. The molecule has 0 aliphatic carbocycles. The van der Waals surface area contributed by atoms with Gasteiger partial charge in [0, 0.05) is 18.0 Å². The lowest BCUT2D eigenvalue weighted by atomic mass is 10.1. The van der Waals surface area contributed by atoms with E-state index in [1.165, 1.54) is 11.8 Å². The maximum atomic E-state index is 11.5. The maximum absolute atomic E-state index is 11.5. The summed E-state index contributed by atoms with van der Waals surface area (Å²) in [5.41, 5.74) is 2.03. The van der Waals surface area contributed by atoms with Crippen molar-refractivity contribution in [1.82, 2.24) is 9.97 Å².